The topological polar surface area (TPSA) is 55.1 Å². The molecule has 0 aliphatic heterocycles. The number of carboxylic acid groups (broad SMARTS) is 1. The number of rotatable bonds is 5. The lowest BCUT2D eigenvalue weighted by atomic mass is 10.1. The first-order valence-corrected chi connectivity index (χ1v) is 7.19. The molecule has 23 heavy (non-hydrogen) atoms. The van der Waals surface area contributed by atoms with Gasteiger partial charge in [-0.2, -0.15) is 0 Å². The molecule has 0 unspecified atom stereocenters. The van der Waals surface area contributed by atoms with E-state index in [9.17, 15) is 14.3 Å². The molecule has 0 amide bonds. The smallest absolute Gasteiger partial charge is 0.336 e. The molecule has 0 spiro atoms. The highest BCUT2D eigenvalue weighted by molar-refractivity contribution is 5.89. The van der Waals surface area contributed by atoms with Gasteiger partial charge < -0.3 is 9.67 Å². The number of aromatic carboxylic acids is 1. The molecule has 0 bridgehead atoms. The number of nitrogens with zero attached hydrogens (tertiary/aromatic N) is 2. The molecule has 1 aromatic heterocycles. The fraction of sp³-hybridized carbons (Fsp3) is 0.111. The fourth-order valence-corrected chi connectivity index (χ4v) is 2.49. The van der Waals surface area contributed by atoms with Crippen molar-refractivity contribution in [1.82, 2.24) is 9.55 Å². The van der Waals surface area contributed by atoms with Crippen LogP contribution < -0.4 is 0 Å². The maximum Gasteiger partial charge on any atom is 0.336 e. The van der Waals surface area contributed by atoms with Gasteiger partial charge in [0.15, 0.2) is 0 Å². The number of benzene rings is 2. The summed E-state index contributed by atoms with van der Waals surface area (Å²) in [5.74, 6) is -0.412. The Morgan fingerprint density at radius 2 is 1.87 bits per heavy atom. The number of aromatic nitrogens is 2. The Bertz CT molecular complexity index is 825. The summed E-state index contributed by atoms with van der Waals surface area (Å²) in [5.41, 5.74) is 1.96. The third-order valence-electron chi connectivity index (χ3n) is 3.67. The molecule has 1 heterocycles. The summed E-state index contributed by atoms with van der Waals surface area (Å²) in [7, 11) is 0. The van der Waals surface area contributed by atoms with Gasteiger partial charge in [0.25, 0.3) is 0 Å². The molecule has 0 aliphatic carbocycles. The van der Waals surface area contributed by atoms with Gasteiger partial charge >= 0.3 is 5.97 Å². The second-order valence-electron chi connectivity index (χ2n) is 5.24. The van der Waals surface area contributed by atoms with Gasteiger partial charge in [0, 0.05) is 25.4 Å². The molecule has 3 aromatic rings. The van der Waals surface area contributed by atoms with Gasteiger partial charge in [0.2, 0.25) is 0 Å². The molecule has 0 radical (unpaired) electrons. The third-order valence-corrected chi connectivity index (χ3v) is 3.67. The summed E-state index contributed by atoms with van der Waals surface area (Å²) < 4.78 is 14.9. The predicted molar refractivity (Wildman–Crippen MR) is 83.9 cm³/mol. The highest BCUT2D eigenvalue weighted by Gasteiger charge is 2.11. The van der Waals surface area contributed by atoms with Crippen molar-refractivity contribution in [2.24, 2.45) is 0 Å². The highest BCUT2D eigenvalue weighted by Crippen LogP contribution is 2.14. The van der Waals surface area contributed by atoms with Crippen molar-refractivity contribution in [3.05, 3.63) is 89.3 Å². The largest absolute Gasteiger partial charge is 0.478 e. The van der Waals surface area contributed by atoms with E-state index in [1.54, 1.807) is 36.5 Å². The Hall–Kier alpha value is -2.95. The van der Waals surface area contributed by atoms with Gasteiger partial charge in [-0.15, -0.1) is 0 Å². The van der Waals surface area contributed by atoms with Gasteiger partial charge in [-0.1, -0.05) is 30.3 Å². The van der Waals surface area contributed by atoms with Crippen molar-refractivity contribution in [3.63, 3.8) is 0 Å². The van der Waals surface area contributed by atoms with E-state index in [4.69, 9.17) is 0 Å². The average molecular weight is 310 g/mol. The number of carbonyl (C=O) groups is 1. The first kappa shape index (κ1) is 15.0. The molecule has 116 valence electrons. The van der Waals surface area contributed by atoms with E-state index in [-0.39, 0.29) is 11.4 Å². The van der Waals surface area contributed by atoms with Crippen LogP contribution in [0.3, 0.4) is 0 Å². The molecular weight excluding hydrogens is 295 g/mol. The van der Waals surface area contributed by atoms with Crippen LogP contribution >= 0.6 is 0 Å². The third kappa shape index (κ3) is 3.45. The minimum absolute atomic E-state index is 0.271. The van der Waals surface area contributed by atoms with Crippen LogP contribution in [0, 0.1) is 5.82 Å². The number of hydrogen-bond donors (Lipinski definition) is 1. The molecule has 0 saturated heterocycles. The number of halogens is 1. The Balaban J connectivity index is 1.84. The Morgan fingerprint density at radius 3 is 2.61 bits per heavy atom. The van der Waals surface area contributed by atoms with Crippen LogP contribution in [0.4, 0.5) is 4.39 Å². The lowest BCUT2D eigenvalue weighted by Crippen LogP contribution is -2.09. The molecule has 0 saturated carbocycles. The van der Waals surface area contributed by atoms with Gasteiger partial charge in [0.05, 0.1) is 5.56 Å². The zero-order valence-corrected chi connectivity index (χ0v) is 12.3. The quantitative estimate of drug-likeness (QED) is 0.786. The Labute approximate surface area is 132 Å². The second kappa shape index (κ2) is 6.44. The van der Waals surface area contributed by atoms with Crippen LogP contribution in [-0.4, -0.2) is 20.6 Å². The summed E-state index contributed by atoms with van der Waals surface area (Å²) in [5, 5.41) is 9.26. The van der Waals surface area contributed by atoms with Crippen molar-refractivity contribution in [1.29, 1.82) is 0 Å². The van der Waals surface area contributed by atoms with Crippen LogP contribution in [0.2, 0.25) is 0 Å². The molecule has 3 rings (SSSR count). The predicted octanol–water partition coefficient (Wildman–Crippen LogP) is 3.36. The van der Waals surface area contributed by atoms with Gasteiger partial charge in [-0.05, 0) is 29.3 Å². The van der Waals surface area contributed by atoms with Crippen LogP contribution in [-0.2, 0) is 13.0 Å². The van der Waals surface area contributed by atoms with Gasteiger partial charge in [0.1, 0.15) is 11.6 Å². The van der Waals surface area contributed by atoms with E-state index in [1.807, 2.05) is 16.8 Å². The van der Waals surface area contributed by atoms with Crippen molar-refractivity contribution < 1.29 is 14.3 Å². The van der Waals surface area contributed by atoms with Crippen LogP contribution in [0.1, 0.15) is 27.3 Å². The minimum atomic E-state index is -0.944. The summed E-state index contributed by atoms with van der Waals surface area (Å²) in [4.78, 5) is 15.6. The number of carboxylic acids is 1. The van der Waals surface area contributed by atoms with Crippen LogP contribution in [0.15, 0.2) is 60.9 Å². The van der Waals surface area contributed by atoms with Crippen molar-refractivity contribution in [2.45, 2.75) is 13.0 Å². The van der Waals surface area contributed by atoms with Crippen molar-refractivity contribution in [2.75, 3.05) is 0 Å². The molecular formula is C18H15FN2O2. The van der Waals surface area contributed by atoms with Crippen molar-refractivity contribution >= 4 is 5.97 Å². The van der Waals surface area contributed by atoms with Crippen LogP contribution in [0.25, 0.3) is 0 Å². The lowest BCUT2D eigenvalue weighted by molar-refractivity contribution is 0.0695. The van der Waals surface area contributed by atoms with Gasteiger partial charge in [-0.3, -0.25) is 0 Å². The van der Waals surface area contributed by atoms with E-state index < -0.39 is 5.97 Å². The SMILES string of the molecule is O=C(O)c1ccccc1Cn1ccnc1Cc1ccc(F)cc1. The van der Waals surface area contributed by atoms with E-state index >= 15 is 0 Å². The summed E-state index contributed by atoms with van der Waals surface area (Å²) in [6, 6.07) is 13.2. The normalized spacial score (nSPS) is 10.7. The summed E-state index contributed by atoms with van der Waals surface area (Å²) in [6.07, 6.45) is 4.06. The first-order valence-electron chi connectivity index (χ1n) is 7.19. The van der Waals surface area contributed by atoms with E-state index in [2.05, 4.69) is 4.98 Å². The molecule has 4 nitrogen and oxygen atoms in total. The number of imidazole rings is 1. The monoisotopic (exact) mass is 310 g/mol. The van der Waals surface area contributed by atoms with Crippen molar-refractivity contribution in [3.8, 4) is 0 Å². The van der Waals surface area contributed by atoms with E-state index in [0.717, 1.165) is 17.0 Å². The summed E-state index contributed by atoms with van der Waals surface area (Å²) >= 11 is 0. The maximum atomic E-state index is 13.0. The maximum absolute atomic E-state index is 13.0. The lowest BCUT2D eigenvalue weighted by Gasteiger charge is -2.10. The molecule has 0 aliphatic rings. The van der Waals surface area contributed by atoms with E-state index in [1.165, 1.54) is 12.1 Å². The zero-order chi connectivity index (χ0) is 16.2. The minimum Gasteiger partial charge on any atom is -0.478 e. The highest BCUT2D eigenvalue weighted by atomic mass is 19.1. The number of hydrogen-bond acceptors (Lipinski definition) is 2. The average Bonchev–Trinajstić information content (AvgIpc) is 2.97. The molecule has 0 fully saturated rings. The Morgan fingerprint density at radius 1 is 1.13 bits per heavy atom. The summed E-state index contributed by atoms with van der Waals surface area (Å²) in [6.45, 7) is 0.430. The van der Waals surface area contributed by atoms with E-state index in [0.29, 0.717) is 13.0 Å². The van der Waals surface area contributed by atoms with Gasteiger partial charge in [-0.25, -0.2) is 14.2 Å². The van der Waals surface area contributed by atoms with Crippen LogP contribution in [0.5, 0.6) is 0 Å². The Kier molecular flexibility index (Phi) is 4.19. The first-order chi connectivity index (χ1) is 11.1. The standard InChI is InChI=1S/C18H15FN2O2/c19-15-7-5-13(6-8-15)11-17-20-9-10-21(17)12-14-3-1-2-4-16(14)18(22)23/h1-10H,11-12H2,(H,22,23). The fourth-order valence-electron chi connectivity index (χ4n) is 2.49. The zero-order valence-electron chi connectivity index (χ0n) is 12.3. The second-order valence-corrected chi connectivity index (χ2v) is 5.24. The molecule has 5 heteroatoms. The molecule has 1 N–H and O–H groups in total. The molecule has 0 atom stereocenters. The molecule has 2 aromatic carbocycles.